The van der Waals surface area contributed by atoms with Crippen LogP contribution in [0.5, 0.6) is 0 Å². The standard InChI is InChI=1S/C34H38N4O6/c1-21(2)18-28(33(42)37(3)29(30(35)39)19-22-10-6-4-7-11-22)36-27(34(43)44)16-17-38-31(40)25-15-14-24(20-26(25)32(38)41)23-12-8-5-9-13-23/h4-15,20-21,27-29,36H,16-19H2,1-3H3,(H2,35,39)(H,43,44)/t27-,28+,29+/m1/s1. The van der Waals surface area contributed by atoms with Gasteiger partial charge in [0.1, 0.15) is 12.1 Å². The lowest BCUT2D eigenvalue weighted by Crippen LogP contribution is -2.56. The maximum Gasteiger partial charge on any atom is 0.320 e. The van der Waals surface area contributed by atoms with Gasteiger partial charge in [-0.1, -0.05) is 80.6 Å². The van der Waals surface area contributed by atoms with Crippen LogP contribution in [0.25, 0.3) is 11.1 Å². The van der Waals surface area contributed by atoms with Crippen molar-refractivity contribution in [2.75, 3.05) is 13.6 Å². The number of carbonyl (C=O) groups is 5. The molecule has 1 heterocycles. The molecular formula is C34H38N4O6. The molecule has 0 unspecified atom stereocenters. The molecule has 44 heavy (non-hydrogen) atoms. The second-order valence-electron chi connectivity index (χ2n) is 11.5. The predicted molar refractivity (Wildman–Crippen MR) is 166 cm³/mol. The van der Waals surface area contributed by atoms with E-state index in [1.807, 2.05) is 74.5 Å². The number of amides is 4. The number of aliphatic carboxylic acids is 1. The minimum absolute atomic E-state index is 0.00972. The first kappa shape index (κ1) is 32.1. The third-order valence-corrected chi connectivity index (χ3v) is 7.84. The Morgan fingerprint density at radius 2 is 1.48 bits per heavy atom. The number of fused-ring (bicyclic) bond motifs is 1. The van der Waals surface area contributed by atoms with Crippen molar-refractivity contribution in [3.05, 3.63) is 95.6 Å². The highest BCUT2D eigenvalue weighted by atomic mass is 16.4. The van der Waals surface area contributed by atoms with Gasteiger partial charge in [-0.3, -0.25) is 34.2 Å². The van der Waals surface area contributed by atoms with Gasteiger partial charge in [0.25, 0.3) is 11.8 Å². The number of nitrogens with zero attached hydrogens (tertiary/aromatic N) is 2. The Morgan fingerprint density at radius 1 is 0.864 bits per heavy atom. The molecule has 3 aromatic carbocycles. The molecule has 230 valence electrons. The van der Waals surface area contributed by atoms with Crippen molar-refractivity contribution < 1.29 is 29.1 Å². The maximum atomic E-state index is 13.7. The van der Waals surface area contributed by atoms with E-state index in [0.717, 1.165) is 21.6 Å². The first-order valence-electron chi connectivity index (χ1n) is 14.6. The number of rotatable bonds is 14. The molecule has 0 aromatic heterocycles. The molecular weight excluding hydrogens is 560 g/mol. The number of nitrogens with two attached hydrogens (primary N) is 1. The fraction of sp³-hybridized carbons (Fsp3) is 0.324. The van der Waals surface area contributed by atoms with Crippen LogP contribution in [0.2, 0.25) is 0 Å². The number of hydrogen-bond acceptors (Lipinski definition) is 6. The molecule has 0 radical (unpaired) electrons. The summed E-state index contributed by atoms with van der Waals surface area (Å²) in [7, 11) is 1.48. The normalized spacial score (nSPS) is 14.7. The van der Waals surface area contributed by atoms with Crippen molar-refractivity contribution in [1.29, 1.82) is 0 Å². The second kappa shape index (κ2) is 14.1. The molecule has 10 heteroatoms. The van der Waals surface area contributed by atoms with Gasteiger partial charge in [0.15, 0.2) is 0 Å². The molecule has 0 aliphatic carbocycles. The third-order valence-electron chi connectivity index (χ3n) is 7.84. The van der Waals surface area contributed by atoms with Gasteiger partial charge in [-0.2, -0.15) is 0 Å². The van der Waals surface area contributed by atoms with E-state index in [-0.39, 0.29) is 36.4 Å². The van der Waals surface area contributed by atoms with Crippen molar-refractivity contribution in [3.8, 4) is 11.1 Å². The number of carbonyl (C=O) groups excluding carboxylic acids is 4. The summed E-state index contributed by atoms with van der Waals surface area (Å²) >= 11 is 0. The summed E-state index contributed by atoms with van der Waals surface area (Å²) in [6.07, 6.45) is 0.376. The van der Waals surface area contributed by atoms with Crippen LogP contribution in [0.3, 0.4) is 0 Å². The van der Waals surface area contributed by atoms with Crippen LogP contribution in [0, 0.1) is 5.92 Å². The lowest BCUT2D eigenvalue weighted by atomic mass is 9.99. The summed E-state index contributed by atoms with van der Waals surface area (Å²) in [5.74, 6) is -3.36. The molecule has 3 aromatic rings. The topological polar surface area (TPSA) is 150 Å². The fourth-order valence-corrected chi connectivity index (χ4v) is 5.46. The molecule has 0 saturated heterocycles. The molecule has 0 spiro atoms. The molecule has 4 rings (SSSR count). The summed E-state index contributed by atoms with van der Waals surface area (Å²) < 4.78 is 0. The van der Waals surface area contributed by atoms with E-state index in [4.69, 9.17) is 5.73 Å². The molecule has 0 saturated carbocycles. The SMILES string of the molecule is CC(C)C[C@H](N[C@H](CCN1C(=O)c2ccc(-c3ccccc3)cc2C1=O)C(=O)O)C(=O)N(C)[C@@H](Cc1ccccc1)C(N)=O. The average molecular weight is 599 g/mol. The first-order chi connectivity index (χ1) is 21.0. The highest BCUT2D eigenvalue weighted by molar-refractivity contribution is 6.21. The Morgan fingerprint density at radius 3 is 2.07 bits per heavy atom. The summed E-state index contributed by atoms with van der Waals surface area (Å²) in [5.41, 5.74) is 8.72. The Balaban J connectivity index is 1.48. The molecule has 0 fully saturated rings. The molecule has 1 aliphatic heterocycles. The Kier molecular flexibility index (Phi) is 10.3. The molecule has 4 amide bonds. The number of benzene rings is 3. The van der Waals surface area contributed by atoms with Crippen LogP contribution >= 0.6 is 0 Å². The monoisotopic (exact) mass is 598 g/mol. The number of carboxylic acids is 1. The van der Waals surface area contributed by atoms with E-state index in [1.165, 1.54) is 11.9 Å². The third kappa shape index (κ3) is 7.38. The quantitative estimate of drug-likeness (QED) is 0.241. The van der Waals surface area contributed by atoms with Gasteiger partial charge in [0.2, 0.25) is 11.8 Å². The maximum absolute atomic E-state index is 13.7. The highest BCUT2D eigenvalue weighted by Gasteiger charge is 2.38. The fourth-order valence-electron chi connectivity index (χ4n) is 5.46. The summed E-state index contributed by atoms with van der Waals surface area (Å²) in [5, 5.41) is 13.0. The van der Waals surface area contributed by atoms with E-state index in [2.05, 4.69) is 5.32 Å². The van der Waals surface area contributed by atoms with E-state index in [1.54, 1.807) is 18.2 Å². The largest absolute Gasteiger partial charge is 0.480 e. The molecule has 4 N–H and O–H groups in total. The van der Waals surface area contributed by atoms with Crippen LogP contribution in [0.4, 0.5) is 0 Å². The van der Waals surface area contributed by atoms with Crippen LogP contribution in [0.1, 0.15) is 53.0 Å². The second-order valence-corrected chi connectivity index (χ2v) is 11.5. The lowest BCUT2D eigenvalue weighted by molar-refractivity contribution is -0.143. The zero-order valence-corrected chi connectivity index (χ0v) is 25.1. The van der Waals surface area contributed by atoms with Gasteiger partial charge in [0.05, 0.1) is 17.2 Å². The number of hydrogen-bond donors (Lipinski definition) is 3. The smallest absolute Gasteiger partial charge is 0.320 e. The Hall–Kier alpha value is -4.83. The summed E-state index contributed by atoms with van der Waals surface area (Å²) in [4.78, 5) is 67.1. The Labute approximate surface area is 256 Å². The van der Waals surface area contributed by atoms with Gasteiger partial charge in [-0.15, -0.1) is 0 Å². The van der Waals surface area contributed by atoms with Crippen LogP contribution < -0.4 is 11.1 Å². The summed E-state index contributed by atoms with van der Waals surface area (Å²) in [6, 6.07) is 20.6. The summed E-state index contributed by atoms with van der Waals surface area (Å²) in [6.45, 7) is 3.64. The van der Waals surface area contributed by atoms with Gasteiger partial charge in [0, 0.05) is 20.0 Å². The van der Waals surface area contributed by atoms with Crippen LogP contribution in [0.15, 0.2) is 78.9 Å². The predicted octanol–water partition coefficient (Wildman–Crippen LogP) is 3.35. The zero-order valence-electron chi connectivity index (χ0n) is 25.1. The van der Waals surface area contributed by atoms with Gasteiger partial charge < -0.3 is 15.7 Å². The number of likely N-dealkylation sites (N-methyl/N-ethyl adjacent to an activating group) is 1. The number of carboxylic acid groups (broad SMARTS) is 1. The van der Waals surface area contributed by atoms with Crippen molar-refractivity contribution in [2.24, 2.45) is 11.7 Å². The average Bonchev–Trinajstić information content (AvgIpc) is 3.25. The molecule has 3 atom stereocenters. The van der Waals surface area contributed by atoms with E-state index < -0.39 is 47.7 Å². The lowest BCUT2D eigenvalue weighted by Gasteiger charge is -2.32. The van der Waals surface area contributed by atoms with Crippen molar-refractivity contribution in [2.45, 2.75) is 51.2 Å². The van der Waals surface area contributed by atoms with E-state index >= 15 is 0 Å². The number of nitrogens with one attached hydrogen (secondary N) is 1. The van der Waals surface area contributed by atoms with Crippen LogP contribution in [-0.4, -0.2) is 76.2 Å². The van der Waals surface area contributed by atoms with Crippen molar-refractivity contribution in [1.82, 2.24) is 15.1 Å². The van der Waals surface area contributed by atoms with E-state index in [0.29, 0.717) is 6.42 Å². The van der Waals surface area contributed by atoms with Gasteiger partial charge in [-0.25, -0.2) is 0 Å². The first-order valence-corrected chi connectivity index (χ1v) is 14.6. The van der Waals surface area contributed by atoms with Gasteiger partial charge >= 0.3 is 5.97 Å². The van der Waals surface area contributed by atoms with E-state index in [9.17, 15) is 29.1 Å². The molecule has 1 aliphatic rings. The van der Waals surface area contributed by atoms with Crippen molar-refractivity contribution >= 4 is 29.6 Å². The Bertz CT molecular complexity index is 1530. The number of primary amides is 1. The minimum atomic E-state index is -1.25. The molecule has 0 bridgehead atoms. The highest BCUT2D eigenvalue weighted by Crippen LogP contribution is 2.29. The molecule has 10 nitrogen and oxygen atoms in total. The zero-order chi connectivity index (χ0) is 32.0. The van der Waals surface area contributed by atoms with Crippen molar-refractivity contribution in [3.63, 3.8) is 0 Å². The number of imide groups is 1. The van der Waals surface area contributed by atoms with Gasteiger partial charge in [-0.05, 0) is 47.6 Å². The minimum Gasteiger partial charge on any atom is -0.480 e. The van der Waals surface area contributed by atoms with Crippen LogP contribution in [-0.2, 0) is 20.8 Å².